The SMILES string of the molecule is CCCCCCCCCOC(=O)Oc1ccc(C2=CCCC=C2)cc1. The summed E-state index contributed by atoms with van der Waals surface area (Å²) in [6.07, 6.45) is 16.5. The molecule has 3 heteroatoms. The van der Waals surface area contributed by atoms with E-state index >= 15 is 0 Å². The van der Waals surface area contributed by atoms with Crippen LogP contribution in [0.2, 0.25) is 0 Å². The van der Waals surface area contributed by atoms with Crippen molar-refractivity contribution in [2.24, 2.45) is 0 Å². The van der Waals surface area contributed by atoms with Crippen LogP contribution in [0.4, 0.5) is 4.79 Å². The van der Waals surface area contributed by atoms with Crippen LogP contribution in [0.1, 0.15) is 70.3 Å². The molecule has 0 spiro atoms. The molecule has 136 valence electrons. The first-order chi connectivity index (χ1) is 12.3. The number of carbonyl (C=O) groups excluding carboxylic acids is 1. The van der Waals surface area contributed by atoms with E-state index in [2.05, 4.69) is 25.2 Å². The first kappa shape index (κ1) is 19.3. The Morgan fingerprint density at radius 2 is 1.68 bits per heavy atom. The second-order valence-electron chi connectivity index (χ2n) is 6.49. The quantitative estimate of drug-likeness (QED) is 0.270. The predicted molar refractivity (Wildman–Crippen MR) is 103 cm³/mol. The third kappa shape index (κ3) is 7.59. The largest absolute Gasteiger partial charge is 0.513 e. The van der Waals surface area contributed by atoms with Crippen molar-refractivity contribution in [1.29, 1.82) is 0 Å². The fraction of sp³-hybridized carbons (Fsp3) is 0.500. The Hall–Kier alpha value is -2.03. The molecular weight excluding hydrogens is 312 g/mol. The van der Waals surface area contributed by atoms with Gasteiger partial charge in [0.15, 0.2) is 0 Å². The minimum atomic E-state index is -0.615. The van der Waals surface area contributed by atoms with Crippen molar-refractivity contribution >= 4 is 11.7 Å². The van der Waals surface area contributed by atoms with Crippen molar-refractivity contribution < 1.29 is 14.3 Å². The van der Waals surface area contributed by atoms with Crippen LogP contribution in [-0.4, -0.2) is 12.8 Å². The molecule has 1 aliphatic rings. The molecule has 0 heterocycles. The Labute approximate surface area is 151 Å². The summed E-state index contributed by atoms with van der Waals surface area (Å²) < 4.78 is 10.4. The molecule has 0 bridgehead atoms. The van der Waals surface area contributed by atoms with Gasteiger partial charge in [-0.2, -0.15) is 0 Å². The molecule has 1 aromatic rings. The van der Waals surface area contributed by atoms with Crippen molar-refractivity contribution in [1.82, 2.24) is 0 Å². The molecular formula is C22H30O3. The molecule has 0 fully saturated rings. The summed E-state index contributed by atoms with van der Waals surface area (Å²) in [7, 11) is 0. The fourth-order valence-electron chi connectivity index (χ4n) is 2.88. The van der Waals surface area contributed by atoms with Crippen LogP contribution < -0.4 is 4.74 Å². The average Bonchev–Trinajstić information content (AvgIpc) is 2.65. The number of carbonyl (C=O) groups is 1. The molecule has 0 saturated carbocycles. The van der Waals surface area contributed by atoms with E-state index in [1.54, 1.807) is 0 Å². The molecule has 3 nitrogen and oxygen atoms in total. The summed E-state index contributed by atoms with van der Waals surface area (Å²) in [5.74, 6) is 0.522. The molecule has 0 amide bonds. The van der Waals surface area contributed by atoms with Gasteiger partial charge in [0.1, 0.15) is 5.75 Å². The van der Waals surface area contributed by atoms with E-state index in [0.717, 1.165) is 31.2 Å². The second kappa shape index (κ2) is 11.5. The van der Waals surface area contributed by atoms with E-state index < -0.39 is 6.16 Å². The lowest BCUT2D eigenvalue weighted by Crippen LogP contribution is -2.11. The van der Waals surface area contributed by atoms with Crippen molar-refractivity contribution in [3.05, 3.63) is 48.1 Å². The summed E-state index contributed by atoms with van der Waals surface area (Å²) in [6.45, 7) is 2.65. The Kier molecular flexibility index (Phi) is 8.89. The summed E-state index contributed by atoms with van der Waals surface area (Å²) in [5.41, 5.74) is 2.36. The summed E-state index contributed by atoms with van der Waals surface area (Å²) >= 11 is 0. The number of rotatable bonds is 10. The van der Waals surface area contributed by atoms with Crippen LogP contribution in [-0.2, 0) is 4.74 Å². The lowest BCUT2D eigenvalue weighted by Gasteiger charge is -2.09. The first-order valence-electron chi connectivity index (χ1n) is 9.61. The number of hydrogen-bond donors (Lipinski definition) is 0. The third-order valence-electron chi connectivity index (χ3n) is 4.35. The molecule has 0 saturated heterocycles. The Bertz CT molecular complexity index is 569. The second-order valence-corrected chi connectivity index (χ2v) is 6.49. The number of hydrogen-bond acceptors (Lipinski definition) is 3. The van der Waals surface area contributed by atoms with Crippen LogP contribution in [0.5, 0.6) is 5.75 Å². The lowest BCUT2D eigenvalue weighted by molar-refractivity contribution is 0.0973. The minimum absolute atomic E-state index is 0.433. The standard InChI is InChI=1S/C22H30O3/c1-2-3-4-5-6-7-11-18-24-22(23)25-21-16-14-20(15-17-21)19-12-9-8-10-13-19/h9,12-17H,2-8,10-11,18H2,1H3. The highest BCUT2D eigenvalue weighted by atomic mass is 16.7. The van der Waals surface area contributed by atoms with E-state index in [0.29, 0.717) is 12.4 Å². The van der Waals surface area contributed by atoms with E-state index in [4.69, 9.17) is 9.47 Å². The maximum absolute atomic E-state index is 11.7. The highest BCUT2D eigenvalue weighted by Crippen LogP contribution is 2.23. The predicted octanol–water partition coefficient (Wildman–Crippen LogP) is 6.69. The zero-order valence-electron chi connectivity index (χ0n) is 15.3. The number of benzene rings is 1. The number of unbranched alkanes of at least 4 members (excludes halogenated alkanes) is 6. The smallest absolute Gasteiger partial charge is 0.434 e. The van der Waals surface area contributed by atoms with Gasteiger partial charge in [-0.05, 0) is 42.5 Å². The van der Waals surface area contributed by atoms with E-state index in [1.807, 2.05) is 24.3 Å². The molecule has 0 aliphatic heterocycles. The van der Waals surface area contributed by atoms with Crippen molar-refractivity contribution in [2.45, 2.75) is 64.7 Å². The van der Waals surface area contributed by atoms with Gasteiger partial charge in [-0.1, -0.05) is 75.8 Å². The zero-order chi connectivity index (χ0) is 17.7. The van der Waals surface area contributed by atoms with Gasteiger partial charge in [0.2, 0.25) is 0 Å². The van der Waals surface area contributed by atoms with Crippen molar-refractivity contribution in [2.75, 3.05) is 6.61 Å². The van der Waals surface area contributed by atoms with Gasteiger partial charge in [0, 0.05) is 0 Å². The fourth-order valence-corrected chi connectivity index (χ4v) is 2.88. The Balaban J connectivity index is 1.62. The summed E-state index contributed by atoms with van der Waals surface area (Å²) in [5, 5.41) is 0. The molecule has 25 heavy (non-hydrogen) atoms. The van der Waals surface area contributed by atoms with E-state index in [1.165, 1.54) is 37.7 Å². The minimum Gasteiger partial charge on any atom is -0.434 e. The molecule has 1 aromatic carbocycles. The van der Waals surface area contributed by atoms with Gasteiger partial charge in [0.25, 0.3) is 0 Å². The van der Waals surface area contributed by atoms with Gasteiger partial charge in [-0.15, -0.1) is 0 Å². The monoisotopic (exact) mass is 342 g/mol. The Morgan fingerprint density at radius 1 is 0.960 bits per heavy atom. The highest BCUT2D eigenvalue weighted by molar-refractivity contribution is 5.75. The van der Waals surface area contributed by atoms with Crippen LogP contribution >= 0.6 is 0 Å². The zero-order valence-corrected chi connectivity index (χ0v) is 15.3. The first-order valence-corrected chi connectivity index (χ1v) is 9.61. The summed E-state index contributed by atoms with van der Waals surface area (Å²) in [6, 6.07) is 7.57. The Morgan fingerprint density at radius 3 is 2.36 bits per heavy atom. The molecule has 0 radical (unpaired) electrons. The topological polar surface area (TPSA) is 35.5 Å². The molecule has 2 rings (SSSR count). The van der Waals surface area contributed by atoms with E-state index in [-0.39, 0.29) is 0 Å². The van der Waals surface area contributed by atoms with Gasteiger partial charge in [-0.25, -0.2) is 4.79 Å². The molecule has 0 atom stereocenters. The molecule has 0 aromatic heterocycles. The maximum Gasteiger partial charge on any atom is 0.513 e. The van der Waals surface area contributed by atoms with E-state index in [9.17, 15) is 4.79 Å². The summed E-state index contributed by atoms with van der Waals surface area (Å²) in [4.78, 5) is 11.7. The van der Waals surface area contributed by atoms with Crippen molar-refractivity contribution in [3.8, 4) is 5.75 Å². The molecule has 1 aliphatic carbocycles. The lowest BCUT2D eigenvalue weighted by atomic mass is 10.00. The maximum atomic E-state index is 11.7. The van der Waals surface area contributed by atoms with Crippen molar-refractivity contribution in [3.63, 3.8) is 0 Å². The average molecular weight is 342 g/mol. The van der Waals surface area contributed by atoms with Gasteiger partial charge in [0.05, 0.1) is 6.61 Å². The van der Waals surface area contributed by atoms with Crippen LogP contribution in [0, 0.1) is 0 Å². The van der Waals surface area contributed by atoms with Crippen LogP contribution in [0.3, 0.4) is 0 Å². The molecule has 0 unspecified atom stereocenters. The number of allylic oxidation sites excluding steroid dienone is 4. The third-order valence-corrected chi connectivity index (χ3v) is 4.35. The van der Waals surface area contributed by atoms with Gasteiger partial charge < -0.3 is 9.47 Å². The number of ether oxygens (including phenoxy) is 2. The highest BCUT2D eigenvalue weighted by Gasteiger charge is 2.07. The van der Waals surface area contributed by atoms with Crippen LogP contribution in [0.25, 0.3) is 5.57 Å². The molecule has 0 N–H and O–H groups in total. The van der Waals surface area contributed by atoms with Gasteiger partial charge >= 0.3 is 6.16 Å². The normalized spacial score (nSPS) is 13.4. The van der Waals surface area contributed by atoms with Crippen LogP contribution in [0.15, 0.2) is 42.5 Å². The van der Waals surface area contributed by atoms with Gasteiger partial charge in [-0.3, -0.25) is 0 Å².